The van der Waals surface area contributed by atoms with Gasteiger partial charge in [0.1, 0.15) is 0 Å². The fourth-order valence-electron chi connectivity index (χ4n) is 0.961. The smallest absolute Gasteiger partial charge is 0.283 e. The third-order valence-corrected chi connectivity index (χ3v) is 1.64. The summed E-state index contributed by atoms with van der Waals surface area (Å²) in [5.41, 5.74) is -3.26. The molecule has 0 saturated heterocycles. The van der Waals surface area contributed by atoms with Gasteiger partial charge in [0.2, 0.25) is 0 Å². The number of hydrogen-bond acceptors (Lipinski definition) is 7. The summed E-state index contributed by atoms with van der Waals surface area (Å²) in [6.07, 6.45) is 0. The summed E-state index contributed by atoms with van der Waals surface area (Å²) in [5, 5.41) is 42.1. The second kappa shape index (κ2) is 6.42. The Hall–Kier alpha value is -2.33. The van der Waals surface area contributed by atoms with Crippen LogP contribution in [0.2, 0.25) is 0 Å². The molecule has 0 aliphatic carbocycles. The van der Waals surface area contributed by atoms with Crippen molar-refractivity contribution >= 4 is 17.1 Å². The van der Waals surface area contributed by atoms with Gasteiger partial charge in [0.25, 0.3) is 17.1 Å². The van der Waals surface area contributed by atoms with Crippen LogP contribution in [0.4, 0.5) is 17.1 Å². The predicted molar refractivity (Wildman–Crippen MR) is 49.5 cm³/mol. The zero-order chi connectivity index (χ0) is 12.5. The number of non-ortho nitro benzene ring substituents is 1. The molecule has 2 N–H and O–H groups in total. The Labute approximate surface area is 108 Å². The van der Waals surface area contributed by atoms with Gasteiger partial charge in [-0.25, -0.2) is 0 Å². The van der Waals surface area contributed by atoms with Gasteiger partial charge in [-0.1, -0.05) is 0 Å². The van der Waals surface area contributed by atoms with Crippen LogP contribution in [0.3, 0.4) is 0 Å². The maximum atomic E-state index is 11.1. The number of nitro groups is 3. The van der Waals surface area contributed by atoms with Crippen molar-refractivity contribution < 1.29 is 41.8 Å². The minimum absolute atomic E-state index is 0. The molecular formula is C6H4N3NiO8-. The molecule has 12 heteroatoms. The van der Waals surface area contributed by atoms with Gasteiger partial charge >= 0.3 is 0 Å². The first-order chi connectivity index (χ1) is 7.34. The molecule has 0 aliphatic rings. The molecule has 0 heterocycles. The summed E-state index contributed by atoms with van der Waals surface area (Å²) < 4.78 is 0. The summed E-state index contributed by atoms with van der Waals surface area (Å²) in [6.45, 7) is 0. The van der Waals surface area contributed by atoms with Gasteiger partial charge in [0.15, 0.2) is 0 Å². The molecule has 0 radical (unpaired) electrons. The van der Waals surface area contributed by atoms with Crippen LogP contribution in [0, 0.1) is 30.3 Å². The maximum Gasteiger partial charge on any atom is 0.283 e. The molecule has 0 atom stereocenters. The molecule has 0 aliphatic heterocycles. The Kier molecular flexibility index (Phi) is 6.44. The summed E-state index contributed by atoms with van der Waals surface area (Å²) in [6, 6.07) is 0.769. The first-order valence-electron chi connectivity index (χ1n) is 3.63. The molecule has 102 valence electrons. The minimum atomic E-state index is -1.46. The third kappa shape index (κ3) is 3.33. The zero-order valence-corrected chi connectivity index (χ0v) is 9.16. The van der Waals surface area contributed by atoms with Crippen LogP contribution in [0.25, 0.3) is 0 Å². The second-order valence-electron chi connectivity index (χ2n) is 2.58. The van der Waals surface area contributed by atoms with E-state index in [-0.39, 0.29) is 22.0 Å². The fourth-order valence-corrected chi connectivity index (χ4v) is 0.961. The van der Waals surface area contributed by atoms with E-state index in [0.717, 1.165) is 0 Å². The van der Waals surface area contributed by atoms with Crippen LogP contribution in [-0.2, 0) is 16.5 Å². The molecule has 0 saturated carbocycles. The van der Waals surface area contributed by atoms with Crippen LogP contribution < -0.4 is 5.11 Å². The molecular weight excluding hydrogens is 301 g/mol. The second-order valence-corrected chi connectivity index (χ2v) is 2.58. The van der Waals surface area contributed by atoms with Gasteiger partial charge < -0.3 is 10.6 Å². The Morgan fingerprint density at radius 1 is 0.833 bits per heavy atom. The number of nitrogens with zero attached hydrogens (tertiary/aromatic N) is 3. The van der Waals surface area contributed by atoms with Crippen LogP contribution >= 0.6 is 0 Å². The van der Waals surface area contributed by atoms with Crippen molar-refractivity contribution in [2.24, 2.45) is 0 Å². The van der Waals surface area contributed by atoms with Gasteiger partial charge in [-0.15, -0.1) is 0 Å². The first-order valence-corrected chi connectivity index (χ1v) is 3.63. The van der Waals surface area contributed by atoms with E-state index in [1.165, 1.54) is 0 Å². The van der Waals surface area contributed by atoms with E-state index < -0.39 is 37.6 Å². The minimum Gasteiger partial charge on any atom is -0.863 e. The average molecular weight is 305 g/mol. The van der Waals surface area contributed by atoms with Crippen LogP contribution in [0.5, 0.6) is 5.75 Å². The Morgan fingerprint density at radius 3 is 1.39 bits per heavy atom. The van der Waals surface area contributed by atoms with Gasteiger partial charge in [-0.2, -0.15) is 0 Å². The molecule has 18 heavy (non-hydrogen) atoms. The summed E-state index contributed by atoms with van der Waals surface area (Å²) >= 11 is 0. The van der Waals surface area contributed by atoms with Crippen molar-refractivity contribution in [1.29, 1.82) is 0 Å². The largest absolute Gasteiger partial charge is 0.863 e. The molecule has 0 spiro atoms. The predicted octanol–water partition coefficient (Wildman–Crippen LogP) is -0.342. The quantitative estimate of drug-likeness (QED) is 0.415. The van der Waals surface area contributed by atoms with Crippen LogP contribution in [0.15, 0.2) is 12.1 Å². The van der Waals surface area contributed by atoms with Gasteiger partial charge in [-0.3, -0.25) is 30.3 Å². The average Bonchev–Trinajstić information content (AvgIpc) is 2.16. The first kappa shape index (κ1) is 18.0. The summed E-state index contributed by atoms with van der Waals surface area (Å²) in [7, 11) is 0. The monoisotopic (exact) mass is 304 g/mol. The Balaban J connectivity index is 0. The van der Waals surface area contributed by atoms with Crippen molar-refractivity contribution in [3.8, 4) is 5.75 Å². The molecule has 1 aromatic rings. The van der Waals surface area contributed by atoms with E-state index in [1.54, 1.807) is 0 Å². The molecule has 0 unspecified atom stereocenters. The number of nitro benzene ring substituents is 3. The Bertz CT molecular complexity index is 469. The molecule has 1 rings (SSSR count). The van der Waals surface area contributed by atoms with Crippen LogP contribution in [-0.4, -0.2) is 20.2 Å². The number of rotatable bonds is 3. The van der Waals surface area contributed by atoms with E-state index in [4.69, 9.17) is 0 Å². The molecule has 11 nitrogen and oxygen atoms in total. The standard InChI is InChI=1S/C6H3N3O7.Ni.H2O/c10-6-4(8(13)14)1-3(7(11)12)2-5(6)9(15)16;;/h1-2,10H;;1H2/p-1. The summed E-state index contributed by atoms with van der Waals surface area (Å²) in [5.74, 6) is -1.46. The van der Waals surface area contributed by atoms with Crippen molar-refractivity contribution in [2.75, 3.05) is 0 Å². The molecule has 0 aromatic heterocycles. The van der Waals surface area contributed by atoms with E-state index >= 15 is 0 Å². The van der Waals surface area contributed by atoms with Crippen molar-refractivity contribution in [3.63, 3.8) is 0 Å². The summed E-state index contributed by atoms with van der Waals surface area (Å²) in [4.78, 5) is 27.5. The SMILES string of the molecule is O.O=[N+]([O-])c1cc([N+](=O)[O-])c([O-])c([N+](=O)[O-])c1.[Ni]. The van der Waals surface area contributed by atoms with Gasteiger partial charge in [0.05, 0.1) is 32.7 Å². The maximum absolute atomic E-state index is 11.1. The molecule has 0 fully saturated rings. The number of hydrogen-bond donors (Lipinski definition) is 0. The normalized spacial score (nSPS) is 8.67. The zero-order valence-electron chi connectivity index (χ0n) is 8.17. The molecule has 1 aromatic carbocycles. The fraction of sp³-hybridized carbons (Fsp3) is 0. The van der Waals surface area contributed by atoms with Gasteiger partial charge in [0, 0.05) is 16.5 Å². The van der Waals surface area contributed by atoms with E-state index in [2.05, 4.69) is 0 Å². The van der Waals surface area contributed by atoms with E-state index in [0.29, 0.717) is 12.1 Å². The van der Waals surface area contributed by atoms with Crippen molar-refractivity contribution in [3.05, 3.63) is 42.5 Å². The topological polar surface area (TPSA) is 184 Å². The third-order valence-electron chi connectivity index (χ3n) is 1.64. The number of benzene rings is 1. The molecule has 0 amide bonds. The Morgan fingerprint density at radius 2 is 1.17 bits per heavy atom. The van der Waals surface area contributed by atoms with E-state index in [9.17, 15) is 35.4 Å². The van der Waals surface area contributed by atoms with Crippen molar-refractivity contribution in [1.82, 2.24) is 0 Å². The van der Waals surface area contributed by atoms with E-state index in [1.807, 2.05) is 0 Å². The van der Waals surface area contributed by atoms with Crippen LogP contribution in [0.1, 0.15) is 0 Å². The van der Waals surface area contributed by atoms with Crippen molar-refractivity contribution in [2.45, 2.75) is 0 Å². The molecule has 0 bridgehead atoms. The van der Waals surface area contributed by atoms with Gasteiger partial charge in [-0.05, 0) is 0 Å².